The molecule has 1 atom stereocenters. The number of thiazole rings is 1. The Morgan fingerprint density at radius 3 is 2.96 bits per heavy atom. The van der Waals surface area contributed by atoms with Crippen molar-refractivity contribution in [3.63, 3.8) is 0 Å². The van der Waals surface area contributed by atoms with E-state index in [-0.39, 0.29) is 6.61 Å². The van der Waals surface area contributed by atoms with Crippen LogP contribution in [-0.4, -0.2) is 33.9 Å². The summed E-state index contributed by atoms with van der Waals surface area (Å²) in [5.74, 6) is 0.00631. The monoisotopic (exact) mass is 404 g/mol. The fraction of sp³-hybridized carbons (Fsp3) is 0.118. The van der Waals surface area contributed by atoms with Crippen LogP contribution in [0.5, 0.6) is 11.5 Å². The number of aromatic nitrogens is 2. The zero-order chi connectivity index (χ0) is 18.8. The maximum Gasteiger partial charge on any atom is 0.283 e. The number of amides is 2. The average Bonchev–Trinajstić information content (AvgIpc) is 3.24. The summed E-state index contributed by atoms with van der Waals surface area (Å²) in [6.07, 6.45) is 3.71. The van der Waals surface area contributed by atoms with E-state index in [0.29, 0.717) is 22.3 Å². The molecule has 10 heteroatoms. The molecule has 0 saturated heterocycles. The number of benzene rings is 1. The minimum absolute atomic E-state index is 0.0517. The van der Waals surface area contributed by atoms with Crippen LogP contribution in [0, 0.1) is 0 Å². The number of carbonyl (C=O) groups is 2. The highest BCUT2D eigenvalue weighted by atomic mass is 35.5. The summed E-state index contributed by atoms with van der Waals surface area (Å²) in [6.45, 7) is 0.0517. The first-order valence-electron chi connectivity index (χ1n) is 7.89. The Balaban J connectivity index is 1.33. The third-order valence-corrected chi connectivity index (χ3v) is 4.79. The molecular weight excluding hydrogens is 392 g/mol. The van der Waals surface area contributed by atoms with Crippen molar-refractivity contribution in [3.05, 3.63) is 52.8 Å². The number of imidazole rings is 1. The van der Waals surface area contributed by atoms with E-state index in [0.717, 1.165) is 4.96 Å². The molecule has 2 amide bonds. The molecular formula is C17H13ClN4O4S. The lowest BCUT2D eigenvalue weighted by Gasteiger charge is -2.25. The van der Waals surface area contributed by atoms with E-state index in [4.69, 9.17) is 21.1 Å². The highest BCUT2D eigenvalue weighted by Crippen LogP contribution is 2.30. The van der Waals surface area contributed by atoms with Crippen LogP contribution in [-0.2, 0) is 9.59 Å². The Kier molecular flexibility index (Phi) is 4.69. The highest BCUT2D eigenvalue weighted by molar-refractivity contribution is 7.15. The van der Waals surface area contributed by atoms with Crippen molar-refractivity contribution in [2.75, 3.05) is 6.61 Å². The largest absolute Gasteiger partial charge is 0.485 e. The number of halogens is 1. The molecule has 8 nitrogen and oxygen atoms in total. The highest BCUT2D eigenvalue weighted by Gasteiger charge is 2.27. The average molecular weight is 405 g/mol. The maximum absolute atomic E-state index is 12.2. The van der Waals surface area contributed by atoms with Crippen LogP contribution < -0.4 is 20.3 Å². The summed E-state index contributed by atoms with van der Waals surface area (Å²) in [7, 11) is 0. The van der Waals surface area contributed by atoms with Gasteiger partial charge in [0.1, 0.15) is 6.61 Å². The molecule has 3 heterocycles. The van der Waals surface area contributed by atoms with Crippen molar-refractivity contribution in [1.82, 2.24) is 20.2 Å². The van der Waals surface area contributed by atoms with Crippen molar-refractivity contribution in [2.24, 2.45) is 0 Å². The molecule has 0 aliphatic carbocycles. The predicted octanol–water partition coefficient (Wildman–Crippen LogP) is 2.05. The first-order chi connectivity index (χ1) is 13.1. The topological polar surface area (TPSA) is 94.0 Å². The lowest BCUT2D eigenvalue weighted by Crippen LogP contribution is -2.50. The van der Waals surface area contributed by atoms with E-state index >= 15 is 0 Å². The molecule has 138 valence electrons. The van der Waals surface area contributed by atoms with Crippen LogP contribution in [0.15, 0.2) is 41.9 Å². The Morgan fingerprint density at radius 2 is 2.11 bits per heavy atom. The third kappa shape index (κ3) is 3.60. The van der Waals surface area contributed by atoms with Gasteiger partial charge < -0.3 is 9.47 Å². The van der Waals surface area contributed by atoms with Gasteiger partial charge in [-0.1, -0.05) is 23.7 Å². The number of hydrogen-bond acceptors (Lipinski definition) is 6. The van der Waals surface area contributed by atoms with Crippen molar-refractivity contribution in [3.8, 4) is 11.5 Å². The molecule has 0 fully saturated rings. The van der Waals surface area contributed by atoms with E-state index in [1.54, 1.807) is 28.8 Å². The minimum atomic E-state index is -0.862. The number of nitrogens with zero attached hydrogens (tertiary/aromatic N) is 2. The van der Waals surface area contributed by atoms with Gasteiger partial charge in [0.05, 0.1) is 5.69 Å². The zero-order valence-electron chi connectivity index (χ0n) is 13.7. The second kappa shape index (κ2) is 7.29. The fourth-order valence-corrected chi connectivity index (χ4v) is 3.48. The van der Waals surface area contributed by atoms with Crippen LogP contribution in [0.4, 0.5) is 0 Å². The van der Waals surface area contributed by atoms with Crippen molar-refractivity contribution < 1.29 is 19.1 Å². The lowest BCUT2D eigenvalue weighted by molar-refractivity contribution is -0.134. The van der Waals surface area contributed by atoms with E-state index < -0.39 is 17.9 Å². The SMILES string of the molecule is O=C(/C=C/c1c(Cl)nc2sccn12)NNC(=O)C1COc2ccccc2O1. The van der Waals surface area contributed by atoms with E-state index in [1.807, 2.05) is 11.4 Å². The van der Waals surface area contributed by atoms with Crippen LogP contribution in [0.2, 0.25) is 5.15 Å². The van der Waals surface area contributed by atoms with Gasteiger partial charge in [0.2, 0.25) is 6.10 Å². The summed E-state index contributed by atoms with van der Waals surface area (Å²) in [6, 6.07) is 7.05. The predicted molar refractivity (Wildman–Crippen MR) is 99.8 cm³/mol. The maximum atomic E-state index is 12.2. The second-order valence-corrected chi connectivity index (χ2v) is 6.75. The van der Waals surface area contributed by atoms with Gasteiger partial charge in [-0.2, -0.15) is 0 Å². The Labute approximate surface area is 162 Å². The van der Waals surface area contributed by atoms with Crippen LogP contribution in [0.3, 0.4) is 0 Å². The van der Waals surface area contributed by atoms with E-state index in [2.05, 4.69) is 15.8 Å². The lowest BCUT2D eigenvalue weighted by atomic mass is 10.2. The molecule has 1 aliphatic rings. The molecule has 27 heavy (non-hydrogen) atoms. The fourth-order valence-electron chi connectivity index (χ4n) is 2.47. The number of para-hydroxylation sites is 2. The molecule has 3 aromatic rings. The summed E-state index contributed by atoms with van der Waals surface area (Å²) < 4.78 is 12.8. The molecule has 0 spiro atoms. The first kappa shape index (κ1) is 17.4. The number of fused-ring (bicyclic) bond motifs is 2. The molecule has 1 unspecified atom stereocenters. The van der Waals surface area contributed by atoms with E-state index in [9.17, 15) is 9.59 Å². The van der Waals surface area contributed by atoms with Gasteiger partial charge in [0, 0.05) is 17.7 Å². The molecule has 1 aliphatic heterocycles. The van der Waals surface area contributed by atoms with Gasteiger partial charge in [0.15, 0.2) is 21.6 Å². The van der Waals surface area contributed by atoms with Gasteiger partial charge in [0.25, 0.3) is 11.8 Å². The van der Waals surface area contributed by atoms with E-state index in [1.165, 1.54) is 23.5 Å². The van der Waals surface area contributed by atoms with Gasteiger partial charge in [-0.25, -0.2) is 4.98 Å². The zero-order valence-corrected chi connectivity index (χ0v) is 15.3. The van der Waals surface area contributed by atoms with Crippen molar-refractivity contribution in [1.29, 1.82) is 0 Å². The van der Waals surface area contributed by atoms with Crippen LogP contribution in [0.1, 0.15) is 5.69 Å². The second-order valence-electron chi connectivity index (χ2n) is 5.52. The van der Waals surface area contributed by atoms with Crippen molar-refractivity contribution >= 4 is 45.8 Å². The normalized spacial score (nSPS) is 15.8. The summed E-state index contributed by atoms with van der Waals surface area (Å²) in [5.41, 5.74) is 5.19. The molecule has 2 aromatic heterocycles. The number of nitrogens with one attached hydrogen (secondary N) is 2. The van der Waals surface area contributed by atoms with Crippen LogP contribution in [0.25, 0.3) is 11.0 Å². The number of hydrogen-bond donors (Lipinski definition) is 2. The molecule has 0 saturated carbocycles. The standard InChI is InChI=1S/C17H13ClN4O4S/c18-15-10(22-7-8-27-17(22)19-15)5-6-14(23)20-21-16(24)13-9-25-11-3-1-2-4-12(11)26-13/h1-8,13H,9H2,(H,20,23)(H,21,24)/b6-5+. The Hall–Kier alpha value is -3.04. The molecule has 0 bridgehead atoms. The third-order valence-electron chi connectivity index (χ3n) is 3.76. The smallest absolute Gasteiger partial charge is 0.283 e. The summed E-state index contributed by atoms with van der Waals surface area (Å²) in [4.78, 5) is 29.0. The molecule has 2 N–H and O–H groups in total. The summed E-state index contributed by atoms with van der Waals surface area (Å²) >= 11 is 7.49. The first-order valence-corrected chi connectivity index (χ1v) is 9.15. The molecule has 1 aromatic carbocycles. The number of carbonyl (C=O) groups excluding carboxylic acids is 2. The molecule has 0 radical (unpaired) electrons. The van der Waals surface area contributed by atoms with Gasteiger partial charge in [-0.15, -0.1) is 11.3 Å². The molecule has 4 rings (SSSR count). The Morgan fingerprint density at radius 1 is 1.30 bits per heavy atom. The van der Waals surface area contributed by atoms with Gasteiger partial charge >= 0.3 is 0 Å². The Bertz CT molecular complexity index is 1040. The minimum Gasteiger partial charge on any atom is -0.485 e. The van der Waals surface area contributed by atoms with Gasteiger partial charge in [-0.05, 0) is 18.2 Å². The summed E-state index contributed by atoms with van der Waals surface area (Å²) in [5, 5.41) is 2.15. The van der Waals surface area contributed by atoms with Crippen LogP contribution >= 0.6 is 22.9 Å². The number of ether oxygens (including phenoxy) is 2. The number of hydrazine groups is 1. The quantitative estimate of drug-likeness (QED) is 0.514. The van der Waals surface area contributed by atoms with Crippen molar-refractivity contribution in [2.45, 2.75) is 6.10 Å². The van der Waals surface area contributed by atoms with Gasteiger partial charge in [-0.3, -0.25) is 24.8 Å². The number of rotatable bonds is 3.